The lowest BCUT2D eigenvalue weighted by molar-refractivity contribution is 0.332. The summed E-state index contributed by atoms with van der Waals surface area (Å²) in [7, 11) is 1.63. The molecule has 0 saturated carbocycles. The molecule has 140 valence electrons. The quantitative estimate of drug-likeness (QED) is 0.493. The molecule has 26 heavy (non-hydrogen) atoms. The third-order valence-corrected chi connectivity index (χ3v) is 3.98. The molecule has 7 heteroatoms. The monoisotopic (exact) mass is 421 g/mol. The lowest BCUT2D eigenvalue weighted by atomic mass is 10.2. The second kappa shape index (κ2) is 9.91. The van der Waals surface area contributed by atoms with Crippen LogP contribution in [-0.2, 0) is 6.54 Å². The molecule has 0 radical (unpaired) electrons. The molecule has 0 amide bonds. The topological polar surface area (TPSA) is 78.1 Å². The van der Waals surface area contributed by atoms with E-state index < -0.39 is 0 Å². The molecule has 0 aliphatic heterocycles. The lowest BCUT2D eigenvalue weighted by Crippen LogP contribution is -2.23. The first-order valence-electron chi connectivity index (χ1n) is 8.36. The van der Waals surface area contributed by atoms with Crippen LogP contribution in [0, 0.1) is 0 Å². The minimum Gasteiger partial charge on any atom is -0.496 e. The number of nitrogens with zero attached hydrogens (tertiary/aromatic N) is 1. The van der Waals surface area contributed by atoms with Crippen molar-refractivity contribution in [3.63, 3.8) is 0 Å². The number of aliphatic imine (C=N–C) groups is 1. The van der Waals surface area contributed by atoms with Crippen LogP contribution in [0.4, 0.5) is 5.69 Å². The van der Waals surface area contributed by atoms with Crippen LogP contribution in [0.1, 0.15) is 19.4 Å². The number of ether oxygens (including phenoxy) is 3. The Hall–Kier alpha value is -2.41. The molecule has 6 nitrogen and oxygen atoms in total. The van der Waals surface area contributed by atoms with Crippen molar-refractivity contribution in [1.82, 2.24) is 0 Å². The van der Waals surface area contributed by atoms with Gasteiger partial charge in [0.15, 0.2) is 5.96 Å². The average Bonchev–Trinajstić information content (AvgIpc) is 2.62. The van der Waals surface area contributed by atoms with Gasteiger partial charge in [0, 0.05) is 16.1 Å². The summed E-state index contributed by atoms with van der Waals surface area (Å²) in [6.45, 7) is 5.38. The molecule has 0 aromatic heterocycles. The van der Waals surface area contributed by atoms with Gasteiger partial charge in [-0.3, -0.25) is 0 Å². The normalized spacial score (nSPS) is 11.2. The largest absolute Gasteiger partial charge is 0.496 e. The van der Waals surface area contributed by atoms with E-state index in [2.05, 4.69) is 26.2 Å². The first-order chi connectivity index (χ1) is 12.6. The van der Waals surface area contributed by atoms with E-state index in [0.717, 1.165) is 21.5 Å². The first kappa shape index (κ1) is 19.9. The summed E-state index contributed by atoms with van der Waals surface area (Å²) >= 11 is 3.45. The minimum atomic E-state index is 0.279. The molecule has 0 aliphatic rings. The van der Waals surface area contributed by atoms with E-state index in [4.69, 9.17) is 19.9 Å². The van der Waals surface area contributed by atoms with Crippen LogP contribution < -0.4 is 25.3 Å². The van der Waals surface area contributed by atoms with Crippen LogP contribution in [0.15, 0.2) is 45.9 Å². The van der Waals surface area contributed by atoms with E-state index in [0.29, 0.717) is 31.2 Å². The molecule has 0 aliphatic carbocycles. The highest BCUT2D eigenvalue weighted by atomic mass is 79.9. The van der Waals surface area contributed by atoms with Crippen LogP contribution in [0.5, 0.6) is 17.2 Å². The molecule has 2 rings (SSSR count). The predicted octanol–water partition coefficient (Wildman–Crippen LogP) is 4.18. The molecule has 3 N–H and O–H groups in total. The van der Waals surface area contributed by atoms with Gasteiger partial charge in [0.1, 0.15) is 17.2 Å². The maximum absolute atomic E-state index is 6.06. The second-order valence-corrected chi connectivity index (χ2v) is 6.22. The van der Waals surface area contributed by atoms with Crippen molar-refractivity contribution in [2.75, 3.05) is 25.6 Å². The van der Waals surface area contributed by atoms with Gasteiger partial charge in [-0.15, -0.1) is 0 Å². The van der Waals surface area contributed by atoms with Gasteiger partial charge in [0.2, 0.25) is 0 Å². The zero-order valence-corrected chi connectivity index (χ0v) is 16.8. The third kappa shape index (κ3) is 5.56. The van der Waals surface area contributed by atoms with Crippen LogP contribution in [0.25, 0.3) is 0 Å². The fraction of sp³-hybridized carbons (Fsp3) is 0.316. The summed E-state index contributed by atoms with van der Waals surface area (Å²) in [5, 5.41) is 3.09. The summed E-state index contributed by atoms with van der Waals surface area (Å²) in [6.07, 6.45) is 0. The van der Waals surface area contributed by atoms with Gasteiger partial charge >= 0.3 is 0 Å². The Bertz CT molecular complexity index is 766. The number of methoxy groups -OCH3 is 1. The molecular formula is C19H24BrN3O3. The van der Waals surface area contributed by atoms with Crippen molar-refractivity contribution >= 4 is 27.6 Å². The molecule has 0 unspecified atom stereocenters. The zero-order chi connectivity index (χ0) is 18.9. The van der Waals surface area contributed by atoms with Gasteiger partial charge < -0.3 is 25.3 Å². The Balaban J connectivity index is 2.17. The number of nitrogens with two attached hydrogens (primary N) is 1. The summed E-state index contributed by atoms with van der Waals surface area (Å²) in [6, 6.07) is 11.3. The standard InChI is InChI=1S/C19H24BrN3O3/c1-4-25-15-7-9-18(26-5-2)16(11-15)23-19(21)22-12-13-10-14(20)6-8-17(13)24-3/h6-11H,4-5,12H2,1-3H3,(H3,21,22,23). The van der Waals surface area contributed by atoms with Crippen molar-refractivity contribution in [1.29, 1.82) is 0 Å². The van der Waals surface area contributed by atoms with Crippen molar-refractivity contribution in [3.8, 4) is 17.2 Å². The molecule has 0 fully saturated rings. The minimum absolute atomic E-state index is 0.279. The molecule has 0 atom stereocenters. The second-order valence-electron chi connectivity index (χ2n) is 5.31. The molecule has 2 aromatic rings. The number of benzene rings is 2. The van der Waals surface area contributed by atoms with E-state index in [1.54, 1.807) is 7.11 Å². The summed E-state index contributed by atoms with van der Waals surface area (Å²) in [5.74, 6) is 2.47. The molecular weight excluding hydrogens is 398 g/mol. The molecule has 0 bridgehead atoms. The Morgan fingerprint density at radius 2 is 1.81 bits per heavy atom. The van der Waals surface area contributed by atoms with Crippen molar-refractivity contribution in [2.45, 2.75) is 20.4 Å². The van der Waals surface area contributed by atoms with E-state index in [9.17, 15) is 0 Å². The van der Waals surface area contributed by atoms with Gasteiger partial charge in [0.05, 0.1) is 32.6 Å². The van der Waals surface area contributed by atoms with Gasteiger partial charge in [-0.1, -0.05) is 15.9 Å². The Labute approximate surface area is 162 Å². The van der Waals surface area contributed by atoms with Crippen molar-refractivity contribution < 1.29 is 14.2 Å². The number of guanidine groups is 1. The van der Waals surface area contributed by atoms with Crippen LogP contribution in [-0.4, -0.2) is 26.3 Å². The molecule has 0 saturated heterocycles. The number of anilines is 1. The third-order valence-electron chi connectivity index (χ3n) is 3.49. The smallest absolute Gasteiger partial charge is 0.193 e. The number of halogens is 1. The molecule has 0 spiro atoms. The number of rotatable bonds is 8. The fourth-order valence-electron chi connectivity index (χ4n) is 2.36. The van der Waals surface area contributed by atoms with Gasteiger partial charge in [0.25, 0.3) is 0 Å². The van der Waals surface area contributed by atoms with E-state index >= 15 is 0 Å². The van der Waals surface area contributed by atoms with Gasteiger partial charge in [-0.05, 0) is 44.2 Å². The highest BCUT2D eigenvalue weighted by Crippen LogP contribution is 2.29. The summed E-state index contributed by atoms with van der Waals surface area (Å²) in [4.78, 5) is 4.40. The SMILES string of the molecule is CCOc1ccc(OCC)c(NC(N)=NCc2cc(Br)ccc2OC)c1. The predicted molar refractivity (Wildman–Crippen MR) is 108 cm³/mol. The van der Waals surface area contributed by atoms with E-state index in [-0.39, 0.29) is 5.96 Å². The molecule has 0 heterocycles. The Kier molecular flexibility index (Phi) is 7.59. The molecule has 2 aromatic carbocycles. The first-order valence-corrected chi connectivity index (χ1v) is 9.15. The van der Waals surface area contributed by atoms with Crippen molar-refractivity contribution in [2.24, 2.45) is 10.7 Å². The maximum atomic E-state index is 6.06. The Morgan fingerprint density at radius 1 is 1.08 bits per heavy atom. The highest BCUT2D eigenvalue weighted by Gasteiger charge is 2.08. The van der Waals surface area contributed by atoms with Gasteiger partial charge in [-0.25, -0.2) is 4.99 Å². The average molecular weight is 422 g/mol. The van der Waals surface area contributed by atoms with Crippen LogP contribution >= 0.6 is 15.9 Å². The Morgan fingerprint density at radius 3 is 2.50 bits per heavy atom. The number of hydrogen-bond acceptors (Lipinski definition) is 4. The lowest BCUT2D eigenvalue weighted by Gasteiger charge is -2.14. The van der Waals surface area contributed by atoms with E-state index in [1.165, 1.54) is 0 Å². The zero-order valence-electron chi connectivity index (χ0n) is 15.2. The number of nitrogens with one attached hydrogen (secondary N) is 1. The summed E-state index contributed by atoms with van der Waals surface area (Å²) in [5.41, 5.74) is 7.70. The van der Waals surface area contributed by atoms with Crippen LogP contribution in [0.2, 0.25) is 0 Å². The maximum Gasteiger partial charge on any atom is 0.193 e. The highest BCUT2D eigenvalue weighted by molar-refractivity contribution is 9.10. The van der Waals surface area contributed by atoms with Crippen LogP contribution in [0.3, 0.4) is 0 Å². The fourth-order valence-corrected chi connectivity index (χ4v) is 2.77. The number of hydrogen-bond donors (Lipinski definition) is 2. The van der Waals surface area contributed by atoms with E-state index in [1.807, 2.05) is 50.2 Å². The van der Waals surface area contributed by atoms with Gasteiger partial charge in [-0.2, -0.15) is 0 Å². The van der Waals surface area contributed by atoms with Crippen molar-refractivity contribution in [3.05, 3.63) is 46.4 Å². The summed E-state index contributed by atoms with van der Waals surface area (Å²) < 4.78 is 17.5.